The van der Waals surface area contributed by atoms with E-state index in [4.69, 9.17) is 11.6 Å². The van der Waals surface area contributed by atoms with Crippen molar-refractivity contribution >= 4 is 23.3 Å². The molecule has 1 aromatic heterocycles. The van der Waals surface area contributed by atoms with Crippen LogP contribution in [-0.4, -0.2) is 15.9 Å². The molecule has 2 aromatic rings. The fourth-order valence-electron chi connectivity index (χ4n) is 1.45. The Morgan fingerprint density at radius 2 is 1.95 bits per heavy atom. The van der Waals surface area contributed by atoms with Crippen molar-refractivity contribution in [2.24, 2.45) is 0 Å². The Kier molecular flexibility index (Phi) is 4.01. The molecule has 19 heavy (non-hydrogen) atoms. The molecule has 0 fully saturated rings. The predicted octanol–water partition coefficient (Wildman–Crippen LogP) is 2.59. The molecule has 2 rings (SSSR count). The summed E-state index contributed by atoms with van der Waals surface area (Å²) in [6, 6.07) is 3.41. The third-order valence-electron chi connectivity index (χ3n) is 2.27. The van der Waals surface area contributed by atoms with Gasteiger partial charge in [-0.15, -0.1) is 0 Å². The molecule has 0 aliphatic rings. The Hall–Kier alpha value is -2.08. The van der Waals surface area contributed by atoms with Crippen molar-refractivity contribution in [3.8, 4) is 0 Å². The zero-order chi connectivity index (χ0) is 13.8. The van der Waals surface area contributed by atoms with Crippen LogP contribution in [0.5, 0.6) is 0 Å². The molecule has 0 atom stereocenters. The first-order chi connectivity index (χ1) is 9.06. The van der Waals surface area contributed by atoms with Gasteiger partial charge < -0.3 is 5.32 Å². The van der Waals surface area contributed by atoms with E-state index in [0.717, 1.165) is 12.1 Å². The SMILES string of the molecule is O=C(Cc1c(F)cccc1F)Nc1cncc(Cl)n1. The molecule has 0 aliphatic carbocycles. The van der Waals surface area contributed by atoms with Gasteiger partial charge in [-0.2, -0.15) is 0 Å². The van der Waals surface area contributed by atoms with Crippen molar-refractivity contribution in [1.29, 1.82) is 0 Å². The van der Waals surface area contributed by atoms with Crippen LogP contribution in [0.25, 0.3) is 0 Å². The van der Waals surface area contributed by atoms with Crippen LogP contribution in [0.4, 0.5) is 14.6 Å². The Balaban J connectivity index is 2.10. The van der Waals surface area contributed by atoms with Gasteiger partial charge in [0.25, 0.3) is 0 Å². The summed E-state index contributed by atoms with van der Waals surface area (Å²) >= 11 is 5.59. The summed E-state index contributed by atoms with van der Waals surface area (Å²) in [5.41, 5.74) is -0.296. The van der Waals surface area contributed by atoms with Gasteiger partial charge in [0, 0.05) is 5.56 Å². The molecule has 7 heteroatoms. The van der Waals surface area contributed by atoms with Gasteiger partial charge in [-0.1, -0.05) is 17.7 Å². The van der Waals surface area contributed by atoms with Gasteiger partial charge in [0.05, 0.1) is 18.8 Å². The van der Waals surface area contributed by atoms with Gasteiger partial charge in [0.1, 0.15) is 16.8 Å². The van der Waals surface area contributed by atoms with Crippen LogP contribution >= 0.6 is 11.6 Å². The lowest BCUT2D eigenvalue weighted by Crippen LogP contribution is -2.17. The molecular weight excluding hydrogens is 276 g/mol. The lowest BCUT2D eigenvalue weighted by molar-refractivity contribution is -0.115. The van der Waals surface area contributed by atoms with Crippen LogP contribution in [0.3, 0.4) is 0 Å². The van der Waals surface area contributed by atoms with Gasteiger partial charge in [-0.05, 0) is 12.1 Å². The summed E-state index contributed by atoms with van der Waals surface area (Å²) in [5.74, 6) is -2.03. The second kappa shape index (κ2) is 5.71. The minimum absolute atomic E-state index is 0.106. The van der Waals surface area contributed by atoms with E-state index in [0.29, 0.717) is 0 Å². The number of anilines is 1. The largest absolute Gasteiger partial charge is 0.309 e. The highest BCUT2D eigenvalue weighted by Gasteiger charge is 2.13. The molecule has 0 aliphatic heterocycles. The smallest absolute Gasteiger partial charge is 0.230 e. The lowest BCUT2D eigenvalue weighted by atomic mass is 10.1. The number of carbonyl (C=O) groups excluding carboxylic acids is 1. The van der Waals surface area contributed by atoms with Crippen molar-refractivity contribution < 1.29 is 13.6 Å². The van der Waals surface area contributed by atoms with E-state index in [9.17, 15) is 13.6 Å². The molecule has 1 heterocycles. The molecule has 0 saturated heterocycles. The summed E-state index contributed by atoms with van der Waals surface area (Å²) < 4.78 is 26.7. The van der Waals surface area contributed by atoms with E-state index in [1.165, 1.54) is 18.5 Å². The molecule has 0 bridgehead atoms. The number of nitrogens with zero attached hydrogens (tertiary/aromatic N) is 2. The molecule has 98 valence electrons. The Bertz CT molecular complexity index is 601. The molecule has 0 radical (unpaired) electrons. The summed E-state index contributed by atoms with van der Waals surface area (Å²) in [5, 5.41) is 2.46. The Morgan fingerprint density at radius 3 is 2.58 bits per heavy atom. The van der Waals surface area contributed by atoms with E-state index in [-0.39, 0.29) is 16.5 Å². The van der Waals surface area contributed by atoms with Crippen molar-refractivity contribution in [1.82, 2.24) is 9.97 Å². The molecule has 0 saturated carbocycles. The summed E-state index contributed by atoms with van der Waals surface area (Å²) in [6.07, 6.45) is 2.14. The number of carbonyl (C=O) groups is 1. The Labute approximate surface area is 112 Å². The molecular formula is C12H8ClF2N3O. The average molecular weight is 284 g/mol. The van der Waals surface area contributed by atoms with Crippen molar-refractivity contribution in [2.45, 2.75) is 6.42 Å². The average Bonchev–Trinajstić information content (AvgIpc) is 2.34. The highest BCUT2D eigenvalue weighted by atomic mass is 35.5. The predicted molar refractivity (Wildman–Crippen MR) is 65.7 cm³/mol. The normalized spacial score (nSPS) is 10.3. The van der Waals surface area contributed by atoms with E-state index < -0.39 is 24.0 Å². The lowest BCUT2D eigenvalue weighted by Gasteiger charge is -2.06. The van der Waals surface area contributed by atoms with Gasteiger partial charge in [-0.3, -0.25) is 9.78 Å². The van der Waals surface area contributed by atoms with Gasteiger partial charge in [0.15, 0.2) is 5.82 Å². The Morgan fingerprint density at radius 1 is 1.26 bits per heavy atom. The number of nitrogens with one attached hydrogen (secondary N) is 1. The minimum Gasteiger partial charge on any atom is -0.309 e. The maximum Gasteiger partial charge on any atom is 0.230 e. The van der Waals surface area contributed by atoms with E-state index in [2.05, 4.69) is 15.3 Å². The minimum atomic E-state index is -0.771. The second-order valence-electron chi connectivity index (χ2n) is 3.65. The molecule has 1 aromatic carbocycles. The summed E-state index contributed by atoms with van der Waals surface area (Å²) in [7, 11) is 0. The molecule has 1 amide bonds. The van der Waals surface area contributed by atoms with Crippen LogP contribution in [0.1, 0.15) is 5.56 Å². The quantitative estimate of drug-likeness (QED) is 0.942. The molecule has 0 unspecified atom stereocenters. The van der Waals surface area contributed by atoms with Crippen LogP contribution in [-0.2, 0) is 11.2 Å². The molecule has 4 nitrogen and oxygen atoms in total. The van der Waals surface area contributed by atoms with Crippen LogP contribution in [0, 0.1) is 11.6 Å². The van der Waals surface area contributed by atoms with Crippen molar-refractivity contribution in [3.63, 3.8) is 0 Å². The first-order valence-electron chi connectivity index (χ1n) is 5.26. The van der Waals surface area contributed by atoms with Crippen molar-refractivity contribution in [3.05, 3.63) is 52.9 Å². The highest BCUT2D eigenvalue weighted by molar-refractivity contribution is 6.29. The number of halogens is 3. The first kappa shape index (κ1) is 13.4. The number of rotatable bonds is 3. The fraction of sp³-hybridized carbons (Fsp3) is 0.0833. The van der Waals surface area contributed by atoms with Crippen molar-refractivity contribution in [2.75, 3.05) is 5.32 Å². The topological polar surface area (TPSA) is 54.9 Å². The van der Waals surface area contributed by atoms with E-state index in [1.807, 2.05) is 0 Å². The fourth-order valence-corrected chi connectivity index (χ4v) is 1.60. The number of hydrogen-bond acceptors (Lipinski definition) is 3. The first-order valence-corrected chi connectivity index (χ1v) is 5.64. The maximum atomic E-state index is 13.3. The van der Waals surface area contributed by atoms with Gasteiger partial charge >= 0.3 is 0 Å². The second-order valence-corrected chi connectivity index (χ2v) is 4.04. The number of hydrogen-bond donors (Lipinski definition) is 1. The zero-order valence-electron chi connectivity index (χ0n) is 9.53. The summed E-state index contributed by atoms with van der Waals surface area (Å²) in [4.78, 5) is 19.1. The monoisotopic (exact) mass is 283 g/mol. The standard InChI is InChI=1S/C12H8ClF2N3O/c13-10-5-16-6-11(17-10)18-12(19)4-7-8(14)2-1-3-9(7)15/h1-3,5-6H,4H2,(H,17,18,19). The van der Waals surface area contributed by atoms with E-state index in [1.54, 1.807) is 0 Å². The van der Waals surface area contributed by atoms with Crippen LogP contribution in [0.15, 0.2) is 30.6 Å². The number of benzene rings is 1. The molecule has 1 N–H and O–H groups in total. The van der Waals surface area contributed by atoms with E-state index >= 15 is 0 Å². The molecule has 0 spiro atoms. The number of aromatic nitrogens is 2. The highest BCUT2D eigenvalue weighted by Crippen LogP contribution is 2.14. The van der Waals surface area contributed by atoms with Gasteiger partial charge in [-0.25, -0.2) is 13.8 Å². The van der Waals surface area contributed by atoms with Crippen LogP contribution in [0.2, 0.25) is 5.15 Å². The third kappa shape index (κ3) is 3.45. The van der Waals surface area contributed by atoms with Gasteiger partial charge in [0.2, 0.25) is 5.91 Å². The maximum absolute atomic E-state index is 13.3. The zero-order valence-corrected chi connectivity index (χ0v) is 10.3. The third-order valence-corrected chi connectivity index (χ3v) is 2.45. The number of amides is 1. The van der Waals surface area contributed by atoms with Crippen LogP contribution < -0.4 is 5.32 Å². The summed E-state index contributed by atoms with van der Waals surface area (Å²) in [6.45, 7) is 0.